The molecular weight excluding hydrogens is 444 g/mol. The van der Waals surface area contributed by atoms with E-state index in [9.17, 15) is 9.59 Å². The molecule has 6 nitrogen and oxygen atoms in total. The molecule has 1 fully saturated rings. The van der Waals surface area contributed by atoms with E-state index in [4.69, 9.17) is 9.15 Å². The second kappa shape index (κ2) is 8.57. The number of amides is 1. The lowest BCUT2D eigenvalue weighted by molar-refractivity contribution is 0.0168. The van der Waals surface area contributed by atoms with Gasteiger partial charge in [-0.05, 0) is 29.6 Å². The third-order valence-electron chi connectivity index (χ3n) is 4.73. The molecule has 1 aliphatic rings. The van der Waals surface area contributed by atoms with E-state index in [1.165, 1.54) is 10.9 Å². The van der Waals surface area contributed by atoms with Crippen LogP contribution < -0.4 is 10.7 Å². The van der Waals surface area contributed by atoms with Crippen LogP contribution in [0.3, 0.4) is 0 Å². The molecule has 1 saturated heterocycles. The van der Waals surface area contributed by atoms with Crippen LogP contribution in [0.4, 0.5) is 0 Å². The van der Waals surface area contributed by atoms with Crippen molar-refractivity contribution in [2.45, 2.75) is 6.04 Å². The summed E-state index contributed by atoms with van der Waals surface area (Å²) in [6, 6.07) is 10.5. The Balaban J connectivity index is 1.53. The van der Waals surface area contributed by atoms with Crippen LogP contribution in [0, 0.1) is 0 Å². The van der Waals surface area contributed by atoms with Crippen LogP contribution in [-0.2, 0) is 4.74 Å². The molecule has 1 N–H and O–H groups in total. The summed E-state index contributed by atoms with van der Waals surface area (Å²) in [6.45, 7) is 3.43. The molecular formula is C20H19BrN2O4S. The number of halogens is 1. The summed E-state index contributed by atoms with van der Waals surface area (Å²) in [5, 5.41) is 5.41. The summed E-state index contributed by atoms with van der Waals surface area (Å²) in [6.07, 6.45) is 0. The second-order valence-corrected chi connectivity index (χ2v) is 8.40. The summed E-state index contributed by atoms with van der Waals surface area (Å²) in [4.78, 5) is 28.5. The maximum Gasteiger partial charge on any atom is 0.287 e. The van der Waals surface area contributed by atoms with Crippen molar-refractivity contribution in [2.75, 3.05) is 32.8 Å². The van der Waals surface area contributed by atoms with Gasteiger partial charge in [-0.15, -0.1) is 11.3 Å². The molecule has 1 amide bonds. The minimum Gasteiger partial charge on any atom is -0.451 e. The Kier molecular flexibility index (Phi) is 5.91. The van der Waals surface area contributed by atoms with Crippen molar-refractivity contribution in [1.82, 2.24) is 10.2 Å². The van der Waals surface area contributed by atoms with E-state index >= 15 is 0 Å². The third-order valence-corrected chi connectivity index (χ3v) is 6.20. The molecule has 146 valence electrons. The zero-order chi connectivity index (χ0) is 19.5. The monoisotopic (exact) mass is 462 g/mol. The number of ether oxygens (including phenoxy) is 1. The number of hydrogen-bond acceptors (Lipinski definition) is 6. The third kappa shape index (κ3) is 4.20. The fourth-order valence-electron chi connectivity index (χ4n) is 3.30. The number of carbonyl (C=O) groups excluding carboxylic acids is 1. The molecule has 1 atom stereocenters. The van der Waals surface area contributed by atoms with Gasteiger partial charge in [-0.25, -0.2) is 0 Å². The number of benzene rings is 1. The van der Waals surface area contributed by atoms with Crippen LogP contribution in [-0.4, -0.2) is 43.7 Å². The number of fused-ring (bicyclic) bond motifs is 1. The van der Waals surface area contributed by atoms with Crippen molar-refractivity contribution < 1.29 is 13.9 Å². The summed E-state index contributed by atoms with van der Waals surface area (Å²) < 4.78 is 11.9. The molecule has 1 aromatic carbocycles. The van der Waals surface area contributed by atoms with Gasteiger partial charge in [-0.1, -0.05) is 22.0 Å². The second-order valence-electron chi connectivity index (χ2n) is 6.50. The first kappa shape index (κ1) is 19.3. The van der Waals surface area contributed by atoms with Crippen LogP contribution in [0.25, 0.3) is 11.0 Å². The number of nitrogens with zero attached hydrogens (tertiary/aromatic N) is 1. The molecule has 1 aliphatic heterocycles. The number of nitrogens with one attached hydrogen (secondary N) is 1. The highest BCUT2D eigenvalue weighted by Crippen LogP contribution is 2.25. The Morgan fingerprint density at radius 3 is 2.82 bits per heavy atom. The number of rotatable bonds is 5. The average Bonchev–Trinajstić information content (AvgIpc) is 3.23. The lowest BCUT2D eigenvalue weighted by Crippen LogP contribution is -2.43. The van der Waals surface area contributed by atoms with Crippen molar-refractivity contribution >= 4 is 44.1 Å². The molecule has 2 aromatic heterocycles. The van der Waals surface area contributed by atoms with Crippen molar-refractivity contribution in [1.29, 1.82) is 0 Å². The molecule has 28 heavy (non-hydrogen) atoms. The standard InChI is InChI=1S/C20H19BrN2O4S/c21-13-3-4-14-16(24)11-18(27-17(14)10-13)20(25)22-12-15(19-2-1-9-28-19)23-5-7-26-8-6-23/h1-4,9-11,15H,5-8,12H2,(H,22,25). The van der Waals surface area contributed by atoms with Crippen molar-refractivity contribution in [3.8, 4) is 0 Å². The first-order chi connectivity index (χ1) is 13.6. The lowest BCUT2D eigenvalue weighted by Gasteiger charge is -2.34. The van der Waals surface area contributed by atoms with E-state index in [-0.39, 0.29) is 17.2 Å². The normalized spacial score (nSPS) is 16.2. The number of thiophene rings is 1. The molecule has 0 bridgehead atoms. The maximum absolute atomic E-state index is 12.7. The van der Waals surface area contributed by atoms with Crippen LogP contribution in [0.15, 0.2) is 55.5 Å². The van der Waals surface area contributed by atoms with Crippen molar-refractivity contribution in [3.05, 3.63) is 67.1 Å². The zero-order valence-corrected chi connectivity index (χ0v) is 17.4. The SMILES string of the molecule is O=C(NCC(c1cccs1)N1CCOCC1)c1cc(=O)c2ccc(Br)cc2o1. The number of hydrogen-bond donors (Lipinski definition) is 1. The van der Waals surface area contributed by atoms with Gasteiger partial charge in [-0.2, -0.15) is 0 Å². The van der Waals surface area contributed by atoms with Gasteiger partial charge < -0.3 is 14.5 Å². The van der Waals surface area contributed by atoms with Crippen LogP contribution in [0.5, 0.6) is 0 Å². The van der Waals surface area contributed by atoms with E-state index in [0.29, 0.717) is 30.7 Å². The van der Waals surface area contributed by atoms with Gasteiger partial charge in [0.2, 0.25) is 0 Å². The zero-order valence-electron chi connectivity index (χ0n) is 15.0. The smallest absolute Gasteiger partial charge is 0.287 e. The van der Waals surface area contributed by atoms with E-state index < -0.39 is 5.91 Å². The highest BCUT2D eigenvalue weighted by atomic mass is 79.9. The highest BCUT2D eigenvalue weighted by Gasteiger charge is 2.24. The van der Waals surface area contributed by atoms with Crippen molar-refractivity contribution in [2.24, 2.45) is 0 Å². The molecule has 3 heterocycles. The molecule has 1 unspecified atom stereocenters. The quantitative estimate of drug-likeness (QED) is 0.628. The maximum atomic E-state index is 12.7. The largest absolute Gasteiger partial charge is 0.451 e. The number of carbonyl (C=O) groups is 1. The Morgan fingerprint density at radius 2 is 2.07 bits per heavy atom. The van der Waals surface area contributed by atoms with Crippen LogP contribution in [0.1, 0.15) is 21.5 Å². The minimum atomic E-state index is -0.395. The van der Waals surface area contributed by atoms with Crippen LogP contribution in [0.2, 0.25) is 0 Å². The highest BCUT2D eigenvalue weighted by molar-refractivity contribution is 9.10. The van der Waals surface area contributed by atoms with Gasteiger partial charge in [0.15, 0.2) is 11.2 Å². The van der Waals surface area contributed by atoms with Gasteiger partial charge >= 0.3 is 0 Å². The summed E-state index contributed by atoms with van der Waals surface area (Å²) >= 11 is 5.02. The summed E-state index contributed by atoms with van der Waals surface area (Å²) in [5.41, 5.74) is 0.150. The first-order valence-corrected chi connectivity index (χ1v) is 10.7. The van der Waals surface area contributed by atoms with Crippen LogP contribution >= 0.6 is 27.3 Å². The molecule has 0 aliphatic carbocycles. The van der Waals surface area contributed by atoms with Gasteiger partial charge in [0.1, 0.15) is 5.58 Å². The molecule has 0 saturated carbocycles. The molecule has 3 aromatic rings. The molecule has 4 rings (SSSR count). The Hall–Kier alpha value is -2.00. The van der Waals surface area contributed by atoms with E-state index in [0.717, 1.165) is 17.6 Å². The van der Waals surface area contributed by atoms with E-state index in [2.05, 4.69) is 32.2 Å². The minimum absolute atomic E-state index is 0.0162. The molecule has 0 spiro atoms. The van der Waals surface area contributed by atoms with Gasteiger partial charge in [0.25, 0.3) is 5.91 Å². The number of morpholine rings is 1. The van der Waals surface area contributed by atoms with E-state index in [1.807, 2.05) is 11.4 Å². The topological polar surface area (TPSA) is 71.8 Å². The Morgan fingerprint density at radius 1 is 1.25 bits per heavy atom. The fraction of sp³-hybridized carbons (Fsp3) is 0.300. The predicted octanol–water partition coefficient (Wildman–Crippen LogP) is 3.42. The Bertz CT molecular complexity index is 1030. The molecule has 0 radical (unpaired) electrons. The molecule has 8 heteroatoms. The van der Waals surface area contributed by atoms with Crippen molar-refractivity contribution in [3.63, 3.8) is 0 Å². The van der Waals surface area contributed by atoms with Gasteiger partial charge in [0.05, 0.1) is 24.6 Å². The Labute approximate surface area is 174 Å². The van der Waals surface area contributed by atoms with Gasteiger partial charge in [0, 0.05) is 35.1 Å². The van der Waals surface area contributed by atoms with Gasteiger partial charge in [-0.3, -0.25) is 14.5 Å². The predicted molar refractivity (Wildman–Crippen MR) is 112 cm³/mol. The van der Waals surface area contributed by atoms with E-state index in [1.54, 1.807) is 29.5 Å². The first-order valence-electron chi connectivity index (χ1n) is 8.98. The fourth-order valence-corrected chi connectivity index (χ4v) is 4.50. The lowest BCUT2D eigenvalue weighted by atomic mass is 10.1. The summed E-state index contributed by atoms with van der Waals surface area (Å²) in [5.74, 6) is -0.378. The summed E-state index contributed by atoms with van der Waals surface area (Å²) in [7, 11) is 0. The average molecular weight is 463 g/mol.